The van der Waals surface area contributed by atoms with Crippen molar-refractivity contribution in [3.8, 4) is 22.6 Å². The molecule has 0 bridgehead atoms. The Morgan fingerprint density at radius 2 is 1.71 bits per heavy atom. The highest BCUT2D eigenvalue weighted by atomic mass is 19.2. The molecule has 0 saturated carbocycles. The van der Waals surface area contributed by atoms with E-state index in [1.165, 1.54) is 18.2 Å². The van der Waals surface area contributed by atoms with E-state index in [9.17, 15) is 23.8 Å². The molecule has 0 fully saturated rings. The van der Waals surface area contributed by atoms with Crippen molar-refractivity contribution in [3.05, 3.63) is 58.5 Å². The summed E-state index contributed by atoms with van der Waals surface area (Å²) in [4.78, 5) is 11.6. The van der Waals surface area contributed by atoms with Gasteiger partial charge in [-0.3, -0.25) is 0 Å². The molecule has 2 aromatic carbocycles. The predicted molar refractivity (Wildman–Crippen MR) is 71.2 cm³/mol. The van der Waals surface area contributed by atoms with Crippen molar-refractivity contribution in [2.75, 3.05) is 0 Å². The van der Waals surface area contributed by atoms with Crippen LogP contribution in [0.1, 0.15) is 0 Å². The van der Waals surface area contributed by atoms with Crippen LogP contribution in [0.5, 0.6) is 11.5 Å². The number of phenolic OH excluding ortho intramolecular Hbond substituents is 2. The summed E-state index contributed by atoms with van der Waals surface area (Å²) in [5.41, 5.74) is -0.502. The van der Waals surface area contributed by atoms with Crippen LogP contribution in [0.4, 0.5) is 8.78 Å². The van der Waals surface area contributed by atoms with E-state index in [2.05, 4.69) is 0 Å². The van der Waals surface area contributed by atoms with Crippen molar-refractivity contribution >= 4 is 11.0 Å². The summed E-state index contributed by atoms with van der Waals surface area (Å²) >= 11 is 0. The Hall–Kier alpha value is -2.89. The van der Waals surface area contributed by atoms with Gasteiger partial charge in [0.2, 0.25) is 5.75 Å². The van der Waals surface area contributed by atoms with Crippen LogP contribution in [0, 0.1) is 11.6 Å². The SMILES string of the molecule is O=c1cc(-c2ccc(F)c(F)c2)c2ccc(O)c(O)c2o1. The fourth-order valence-corrected chi connectivity index (χ4v) is 2.10. The maximum Gasteiger partial charge on any atom is 0.336 e. The van der Waals surface area contributed by atoms with Crippen molar-refractivity contribution in [2.24, 2.45) is 0 Å². The third-order valence-electron chi connectivity index (χ3n) is 3.10. The molecule has 1 aromatic heterocycles. The highest BCUT2D eigenvalue weighted by molar-refractivity contribution is 5.97. The van der Waals surface area contributed by atoms with Crippen LogP contribution in [-0.2, 0) is 0 Å². The smallest absolute Gasteiger partial charge is 0.336 e. The van der Waals surface area contributed by atoms with Gasteiger partial charge < -0.3 is 14.6 Å². The summed E-state index contributed by atoms with van der Waals surface area (Å²) < 4.78 is 31.2. The third kappa shape index (κ3) is 2.10. The largest absolute Gasteiger partial charge is 0.504 e. The second kappa shape index (κ2) is 4.59. The van der Waals surface area contributed by atoms with Gasteiger partial charge in [0.25, 0.3) is 0 Å². The fourth-order valence-electron chi connectivity index (χ4n) is 2.10. The monoisotopic (exact) mass is 290 g/mol. The van der Waals surface area contributed by atoms with Crippen LogP contribution < -0.4 is 5.63 Å². The minimum Gasteiger partial charge on any atom is -0.504 e. The molecule has 2 N–H and O–H groups in total. The van der Waals surface area contributed by atoms with Crippen molar-refractivity contribution in [3.63, 3.8) is 0 Å². The molecule has 0 amide bonds. The van der Waals surface area contributed by atoms with Gasteiger partial charge in [0, 0.05) is 17.0 Å². The van der Waals surface area contributed by atoms with Gasteiger partial charge in [0.1, 0.15) is 0 Å². The van der Waals surface area contributed by atoms with E-state index in [1.54, 1.807) is 0 Å². The minimum absolute atomic E-state index is 0.220. The van der Waals surface area contributed by atoms with Crippen LogP contribution in [0.25, 0.3) is 22.1 Å². The molecule has 0 atom stereocenters. The lowest BCUT2D eigenvalue weighted by molar-refractivity contribution is 0.397. The number of fused-ring (bicyclic) bond motifs is 1. The molecule has 6 heteroatoms. The van der Waals surface area contributed by atoms with Crippen molar-refractivity contribution in [2.45, 2.75) is 0 Å². The third-order valence-corrected chi connectivity index (χ3v) is 3.10. The van der Waals surface area contributed by atoms with Crippen LogP contribution in [0.3, 0.4) is 0 Å². The van der Waals surface area contributed by atoms with Crippen LogP contribution >= 0.6 is 0 Å². The Labute approximate surface area is 116 Å². The number of hydrogen-bond acceptors (Lipinski definition) is 4. The first kappa shape index (κ1) is 13.1. The second-order valence-electron chi connectivity index (χ2n) is 4.42. The van der Waals surface area contributed by atoms with E-state index in [0.717, 1.165) is 18.2 Å². The number of halogens is 2. The van der Waals surface area contributed by atoms with Gasteiger partial charge in [-0.15, -0.1) is 0 Å². The molecule has 3 aromatic rings. The molecule has 0 radical (unpaired) electrons. The topological polar surface area (TPSA) is 70.7 Å². The second-order valence-corrected chi connectivity index (χ2v) is 4.42. The summed E-state index contributed by atoms with van der Waals surface area (Å²) in [6.07, 6.45) is 0. The summed E-state index contributed by atoms with van der Waals surface area (Å²) in [6.45, 7) is 0. The van der Waals surface area contributed by atoms with Crippen LogP contribution in [0.2, 0.25) is 0 Å². The zero-order valence-electron chi connectivity index (χ0n) is 10.4. The van der Waals surface area contributed by atoms with E-state index < -0.39 is 28.8 Å². The van der Waals surface area contributed by atoms with Gasteiger partial charge in [-0.25, -0.2) is 13.6 Å². The van der Waals surface area contributed by atoms with Gasteiger partial charge in [0.05, 0.1) is 0 Å². The minimum atomic E-state index is -1.06. The average molecular weight is 290 g/mol. The summed E-state index contributed by atoms with van der Waals surface area (Å²) in [5.74, 6) is -3.11. The van der Waals surface area contributed by atoms with Gasteiger partial charge in [-0.05, 0) is 29.8 Å². The summed E-state index contributed by atoms with van der Waals surface area (Å²) in [6, 6.07) is 6.89. The van der Waals surface area contributed by atoms with E-state index in [1.807, 2.05) is 0 Å². The quantitative estimate of drug-likeness (QED) is 0.533. The molecule has 1 heterocycles. The lowest BCUT2D eigenvalue weighted by Crippen LogP contribution is -1.99. The Balaban J connectivity index is 2.39. The van der Waals surface area contributed by atoms with Gasteiger partial charge in [-0.1, -0.05) is 6.07 Å². The Kier molecular flexibility index (Phi) is 2.86. The van der Waals surface area contributed by atoms with Crippen LogP contribution in [0.15, 0.2) is 45.6 Å². The maximum atomic E-state index is 13.3. The molecule has 0 saturated heterocycles. The molecule has 0 aliphatic carbocycles. The zero-order valence-corrected chi connectivity index (χ0v) is 10.4. The number of hydrogen-bond donors (Lipinski definition) is 2. The number of rotatable bonds is 1. The van der Waals surface area contributed by atoms with E-state index in [-0.39, 0.29) is 22.1 Å². The van der Waals surface area contributed by atoms with Crippen molar-refractivity contribution in [1.29, 1.82) is 0 Å². The molecule has 0 spiro atoms. The van der Waals surface area contributed by atoms with Crippen LogP contribution in [-0.4, -0.2) is 10.2 Å². The zero-order chi connectivity index (χ0) is 15.1. The maximum absolute atomic E-state index is 13.3. The Bertz CT molecular complexity index is 915. The summed E-state index contributed by atoms with van der Waals surface area (Å²) in [7, 11) is 0. The molecule has 0 unspecified atom stereocenters. The Morgan fingerprint density at radius 1 is 0.952 bits per heavy atom. The predicted octanol–water partition coefficient (Wildman–Crippen LogP) is 3.15. The molecule has 0 aliphatic heterocycles. The van der Waals surface area contributed by atoms with Gasteiger partial charge in [-0.2, -0.15) is 0 Å². The highest BCUT2D eigenvalue weighted by Gasteiger charge is 2.15. The van der Waals surface area contributed by atoms with E-state index in [4.69, 9.17) is 4.42 Å². The first-order valence-corrected chi connectivity index (χ1v) is 5.91. The molecule has 4 nitrogen and oxygen atoms in total. The molecule has 0 aliphatic rings. The van der Waals surface area contributed by atoms with Crippen molar-refractivity contribution in [1.82, 2.24) is 0 Å². The molecular weight excluding hydrogens is 282 g/mol. The fraction of sp³-hybridized carbons (Fsp3) is 0. The normalized spacial score (nSPS) is 11.0. The lowest BCUT2D eigenvalue weighted by atomic mass is 10.0. The van der Waals surface area contributed by atoms with Gasteiger partial charge in [0.15, 0.2) is 23.0 Å². The van der Waals surface area contributed by atoms with E-state index >= 15 is 0 Å². The number of aromatic hydroxyl groups is 2. The average Bonchev–Trinajstić information content (AvgIpc) is 2.45. The molecule has 106 valence electrons. The standard InChI is InChI=1S/C15H8F2O4/c16-10-3-1-7(5-11(10)17)9-6-13(19)21-15-8(9)2-4-12(18)14(15)20/h1-6,18,20H. The first-order chi connectivity index (χ1) is 9.97. The molecule has 21 heavy (non-hydrogen) atoms. The summed E-state index contributed by atoms with van der Waals surface area (Å²) in [5, 5.41) is 19.5. The number of phenols is 2. The first-order valence-electron chi connectivity index (χ1n) is 5.91. The molecule has 3 rings (SSSR count). The van der Waals surface area contributed by atoms with Gasteiger partial charge >= 0.3 is 5.63 Å². The van der Waals surface area contributed by atoms with E-state index in [0.29, 0.717) is 0 Å². The molecular formula is C15H8F2O4. The number of benzene rings is 2. The Morgan fingerprint density at radius 3 is 2.43 bits per heavy atom. The van der Waals surface area contributed by atoms with Crippen molar-refractivity contribution < 1.29 is 23.4 Å². The lowest BCUT2D eigenvalue weighted by Gasteiger charge is -2.08. The highest BCUT2D eigenvalue weighted by Crippen LogP contribution is 2.37.